The molecular formula is C18H19F3N6O. The Morgan fingerprint density at radius 1 is 1.39 bits per heavy atom. The van der Waals surface area contributed by atoms with Gasteiger partial charge in [0.1, 0.15) is 23.7 Å². The van der Waals surface area contributed by atoms with E-state index in [-0.39, 0.29) is 6.04 Å². The molecule has 0 bridgehead atoms. The lowest BCUT2D eigenvalue weighted by Gasteiger charge is -2.34. The molecule has 0 aliphatic carbocycles. The van der Waals surface area contributed by atoms with Gasteiger partial charge in [0, 0.05) is 30.7 Å². The zero-order chi connectivity index (χ0) is 19.9. The third kappa shape index (κ3) is 3.71. The van der Waals surface area contributed by atoms with E-state index in [1.807, 2.05) is 11.0 Å². The molecule has 4 rings (SSSR count). The number of aromatic amines is 1. The van der Waals surface area contributed by atoms with Crippen molar-refractivity contribution >= 4 is 33.7 Å². The van der Waals surface area contributed by atoms with Crippen LogP contribution in [0.1, 0.15) is 25.1 Å². The minimum absolute atomic E-state index is 0.363. The third-order valence-corrected chi connectivity index (χ3v) is 4.79. The predicted molar refractivity (Wildman–Crippen MR) is 98.0 cm³/mol. The van der Waals surface area contributed by atoms with Crippen LogP contribution in [0.15, 0.2) is 18.5 Å². The quantitative estimate of drug-likeness (QED) is 0.716. The molecule has 1 amide bonds. The molecule has 0 aromatic carbocycles. The fourth-order valence-electron chi connectivity index (χ4n) is 3.70. The van der Waals surface area contributed by atoms with Gasteiger partial charge in [-0.2, -0.15) is 13.2 Å². The number of piperidine rings is 1. The maximum Gasteiger partial charge on any atom is 0.397 e. The number of rotatable bonds is 3. The zero-order valence-electron chi connectivity index (χ0n) is 15.2. The number of pyridine rings is 1. The average molecular weight is 392 g/mol. The van der Waals surface area contributed by atoms with Crippen LogP contribution in [0.5, 0.6) is 0 Å². The molecule has 1 atom stereocenters. The van der Waals surface area contributed by atoms with Gasteiger partial charge in [0.15, 0.2) is 0 Å². The summed E-state index contributed by atoms with van der Waals surface area (Å²) in [5, 5.41) is 4.24. The predicted octanol–water partition coefficient (Wildman–Crippen LogP) is 2.85. The number of fused-ring (bicyclic) bond motifs is 3. The number of halogens is 3. The normalized spacial score (nSPS) is 18.0. The summed E-state index contributed by atoms with van der Waals surface area (Å²) in [4.78, 5) is 30.2. The fraction of sp³-hybridized carbons (Fsp3) is 0.444. The van der Waals surface area contributed by atoms with Gasteiger partial charge in [0.05, 0.1) is 17.1 Å². The third-order valence-electron chi connectivity index (χ3n) is 4.79. The Morgan fingerprint density at radius 2 is 2.21 bits per heavy atom. The van der Waals surface area contributed by atoms with E-state index in [1.54, 1.807) is 19.3 Å². The molecule has 3 aromatic heterocycles. The lowest BCUT2D eigenvalue weighted by Crippen LogP contribution is -2.48. The summed E-state index contributed by atoms with van der Waals surface area (Å²) in [6.45, 7) is 2.88. The van der Waals surface area contributed by atoms with E-state index in [0.29, 0.717) is 42.3 Å². The highest BCUT2D eigenvalue weighted by atomic mass is 19.4. The van der Waals surface area contributed by atoms with Crippen LogP contribution in [0, 0.1) is 6.92 Å². The molecular weight excluding hydrogens is 373 g/mol. The van der Waals surface area contributed by atoms with Crippen molar-refractivity contribution in [2.24, 2.45) is 0 Å². The first kappa shape index (κ1) is 18.5. The number of H-pyrrole nitrogens is 1. The monoisotopic (exact) mass is 392 g/mol. The van der Waals surface area contributed by atoms with Crippen molar-refractivity contribution in [1.82, 2.24) is 25.3 Å². The maximum absolute atomic E-state index is 12.4. The number of aromatic nitrogens is 4. The molecule has 1 fully saturated rings. The molecule has 10 heteroatoms. The Hall–Kier alpha value is -2.91. The second-order valence-corrected chi connectivity index (χ2v) is 7.00. The summed E-state index contributed by atoms with van der Waals surface area (Å²) < 4.78 is 37.3. The molecule has 148 valence electrons. The first-order chi connectivity index (χ1) is 13.3. The fourth-order valence-corrected chi connectivity index (χ4v) is 3.70. The van der Waals surface area contributed by atoms with Crippen LogP contribution >= 0.6 is 0 Å². The summed E-state index contributed by atoms with van der Waals surface area (Å²) >= 11 is 0. The van der Waals surface area contributed by atoms with E-state index in [9.17, 15) is 18.0 Å². The Labute approximate surface area is 158 Å². The maximum atomic E-state index is 12.4. The Bertz CT molecular complexity index is 1030. The van der Waals surface area contributed by atoms with Crippen molar-refractivity contribution in [3.63, 3.8) is 0 Å². The van der Waals surface area contributed by atoms with Gasteiger partial charge in [-0.3, -0.25) is 4.79 Å². The summed E-state index contributed by atoms with van der Waals surface area (Å²) in [6, 6.07) is 1.54. The van der Waals surface area contributed by atoms with E-state index in [2.05, 4.69) is 25.3 Å². The first-order valence-corrected chi connectivity index (χ1v) is 9.02. The average Bonchev–Trinajstić information content (AvgIpc) is 3.08. The van der Waals surface area contributed by atoms with Gasteiger partial charge in [-0.25, -0.2) is 15.0 Å². The molecule has 0 saturated carbocycles. The van der Waals surface area contributed by atoms with Gasteiger partial charge in [0.2, 0.25) is 5.91 Å². The summed E-state index contributed by atoms with van der Waals surface area (Å²) in [5.41, 5.74) is 1.42. The van der Waals surface area contributed by atoms with E-state index < -0.39 is 18.5 Å². The van der Waals surface area contributed by atoms with Crippen molar-refractivity contribution in [2.45, 2.75) is 38.4 Å². The number of nitrogens with zero attached hydrogens (tertiary/aromatic N) is 4. The molecule has 0 spiro atoms. The van der Waals surface area contributed by atoms with E-state index in [4.69, 9.17) is 0 Å². The van der Waals surface area contributed by atoms with E-state index in [0.717, 1.165) is 17.2 Å². The Morgan fingerprint density at radius 3 is 3.00 bits per heavy atom. The second-order valence-electron chi connectivity index (χ2n) is 7.00. The summed E-state index contributed by atoms with van der Waals surface area (Å²) in [6.07, 6.45) is -1.14. The Kier molecular flexibility index (Phi) is 4.56. The second kappa shape index (κ2) is 6.92. The molecule has 7 nitrogen and oxygen atoms in total. The molecule has 28 heavy (non-hydrogen) atoms. The SMILES string of the molecule is Cc1nc(N2CCCC(NC(=O)CC(F)(F)F)C2)c2c(cnc3[nH]ccc32)n1. The number of aryl methyl sites for hydroxylation is 1. The largest absolute Gasteiger partial charge is 0.397 e. The van der Waals surface area contributed by atoms with Gasteiger partial charge >= 0.3 is 6.18 Å². The van der Waals surface area contributed by atoms with Crippen molar-refractivity contribution in [3.8, 4) is 0 Å². The van der Waals surface area contributed by atoms with Crippen LogP contribution in [0.4, 0.5) is 19.0 Å². The molecule has 0 radical (unpaired) electrons. The summed E-state index contributed by atoms with van der Waals surface area (Å²) in [7, 11) is 0. The molecule has 1 aliphatic rings. The number of hydrogen-bond acceptors (Lipinski definition) is 5. The zero-order valence-corrected chi connectivity index (χ0v) is 15.2. The van der Waals surface area contributed by atoms with Crippen molar-refractivity contribution < 1.29 is 18.0 Å². The molecule has 4 heterocycles. The van der Waals surface area contributed by atoms with Gasteiger partial charge in [-0.05, 0) is 25.8 Å². The van der Waals surface area contributed by atoms with Crippen LogP contribution < -0.4 is 10.2 Å². The van der Waals surface area contributed by atoms with Gasteiger partial charge in [-0.1, -0.05) is 0 Å². The minimum Gasteiger partial charge on any atom is -0.354 e. The molecule has 1 saturated heterocycles. The Balaban J connectivity index is 1.64. The van der Waals surface area contributed by atoms with Crippen LogP contribution in [0.2, 0.25) is 0 Å². The van der Waals surface area contributed by atoms with E-state index >= 15 is 0 Å². The van der Waals surface area contributed by atoms with Crippen molar-refractivity contribution in [1.29, 1.82) is 0 Å². The highest BCUT2D eigenvalue weighted by Crippen LogP contribution is 2.31. The lowest BCUT2D eigenvalue weighted by atomic mass is 10.0. The van der Waals surface area contributed by atoms with Crippen LogP contribution in [-0.2, 0) is 4.79 Å². The minimum atomic E-state index is -4.51. The molecule has 3 aromatic rings. The number of carbonyl (C=O) groups excluding carboxylic acids is 1. The molecule has 1 aliphatic heterocycles. The van der Waals surface area contributed by atoms with Gasteiger partial charge < -0.3 is 15.2 Å². The van der Waals surface area contributed by atoms with Gasteiger partial charge in [-0.15, -0.1) is 0 Å². The molecule has 1 unspecified atom stereocenters. The molecule has 2 N–H and O–H groups in total. The topological polar surface area (TPSA) is 86.8 Å². The number of carbonyl (C=O) groups is 1. The van der Waals surface area contributed by atoms with E-state index in [1.165, 1.54) is 0 Å². The number of hydrogen-bond donors (Lipinski definition) is 2. The number of nitrogens with one attached hydrogen (secondary N) is 2. The highest BCUT2D eigenvalue weighted by Gasteiger charge is 2.33. The van der Waals surface area contributed by atoms with Crippen molar-refractivity contribution in [3.05, 3.63) is 24.3 Å². The smallest absolute Gasteiger partial charge is 0.354 e. The van der Waals surface area contributed by atoms with Crippen molar-refractivity contribution in [2.75, 3.05) is 18.0 Å². The van der Waals surface area contributed by atoms with Crippen LogP contribution in [0.25, 0.3) is 21.9 Å². The van der Waals surface area contributed by atoms with Gasteiger partial charge in [0.25, 0.3) is 0 Å². The van der Waals surface area contributed by atoms with Crippen LogP contribution in [-0.4, -0.2) is 51.2 Å². The lowest BCUT2D eigenvalue weighted by molar-refractivity contribution is -0.154. The standard InChI is InChI=1S/C18H19F3N6O/c1-10-24-13-8-23-16-12(4-5-22-16)15(13)17(25-10)27-6-2-3-11(9-27)26-14(28)7-18(19,20)21/h4-5,8,11H,2-3,6-7,9H2,1H3,(H,22,23)(H,26,28). The number of anilines is 1. The first-order valence-electron chi connectivity index (χ1n) is 9.02. The van der Waals surface area contributed by atoms with Crippen LogP contribution in [0.3, 0.4) is 0 Å². The number of amides is 1. The number of alkyl halides is 3. The highest BCUT2D eigenvalue weighted by molar-refractivity contribution is 6.09. The summed E-state index contributed by atoms with van der Waals surface area (Å²) in [5.74, 6) is 0.298.